The van der Waals surface area contributed by atoms with Crippen molar-refractivity contribution in [1.82, 2.24) is 15.0 Å². The zero-order valence-corrected chi connectivity index (χ0v) is 12.1. The molecule has 0 aliphatic rings. The maximum atomic E-state index is 12.5. The lowest BCUT2D eigenvalue weighted by atomic mass is 10.2. The number of rotatable bonds is 2. The molecule has 4 aromatic rings. The van der Waals surface area contributed by atoms with E-state index in [0.29, 0.717) is 10.7 Å². The van der Waals surface area contributed by atoms with Crippen molar-refractivity contribution < 1.29 is 4.79 Å². The Balaban J connectivity index is 1.91. The molecule has 0 spiro atoms. The highest BCUT2D eigenvalue weighted by molar-refractivity contribution is 7.12. The van der Waals surface area contributed by atoms with Crippen LogP contribution in [0, 0.1) is 6.92 Å². The molecule has 0 radical (unpaired) electrons. The number of para-hydroxylation sites is 1. The van der Waals surface area contributed by atoms with E-state index < -0.39 is 0 Å². The molecule has 3 heterocycles. The van der Waals surface area contributed by atoms with E-state index in [1.165, 1.54) is 11.3 Å². The first-order chi connectivity index (χ1) is 10.2. The van der Waals surface area contributed by atoms with Crippen LogP contribution in [0.25, 0.3) is 21.9 Å². The van der Waals surface area contributed by atoms with E-state index in [9.17, 15) is 4.79 Å². The van der Waals surface area contributed by atoms with Gasteiger partial charge < -0.3 is 4.98 Å². The molecule has 3 aromatic heterocycles. The first kappa shape index (κ1) is 12.2. The van der Waals surface area contributed by atoms with Gasteiger partial charge in [-0.15, -0.1) is 11.3 Å². The van der Waals surface area contributed by atoms with Gasteiger partial charge in [-0.05, 0) is 30.0 Å². The molecule has 102 valence electrons. The summed E-state index contributed by atoms with van der Waals surface area (Å²) in [6.07, 6.45) is 1.72. The van der Waals surface area contributed by atoms with Crippen LogP contribution in [0.1, 0.15) is 21.1 Å². The normalized spacial score (nSPS) is 11.3. The van der Waals surface area contributed by atoms with E-state index in [2.05, 4.69) is 15.0 Å². The van der Waals surface area contributed by atoms with Crippen LogP contribution >= 0.6 is 11.3 Å². The molecule has 1 N–H and O–H groups in total. The number of imidazole rings is 1. The van der Waals surface area contributed by atoms with Gasteiger partial charge in [-0.25, -0.2) is 4.98 Å². The summed E-state index contributed by atoms with van der Waals surface area (Å²) >= 11 is 1.44. The fourth-order valence-corrected chi connectivity index (χ4v) is 3.22. The van der Waals surface area contributed by atoms with E-state index >= 15 is 0 Å². The highest BCUT2D eigenvalue weighted by Gasteiger charge is 2.16. The number of aromatic nitrogens is 3. The molecular weight excluding hydrogens is 282 g/mol. The highest BCUT2D eigenvalue weighted by atomic mass is 32.1. The van der Waals surface area contributed by atoms with Gasteiger partial charge in [0.2, 0.25) is 5.78 Å². The molecule has 0 fully saturated rings. The molecule has 1 aromatic carbocycles. The Morgan fingerprint density at radius 1 is 1.29 bits per heavy atom. The van der Waals surface area contributed by atoms with Gasteiger partial charge in [-0.3, -0.25) is 9.78 Å². The number of pyridine rings is 1. The van der Waals surface area contributed by atoms with Gasteiger partial charge in [-0.1, -0.05) is 18.2 Å². The number of fused-ring (bicyclic) bond motifs is 3. The number of aromatic amines is 1. The van der Waals surface area contributed by atoms with Gasteiger partial charge in [-0.2, -0.15) is 0 Å². The van der Waals surface area contributed by atoms with E-state index in [1.54, 1.807) is 6.20 Å². The number of nitrogens with one attached hydrogen (secondary N) is 1. The third kappa shape index (κ3) is 1.94. The van der Waals surface area contributed by atoms with Crippen LogP contribution in [-0.4, -0.2) is 20.7 Å². The largest absolute Gasteiger partial charge is 0.334 e. The summed E-state index contributed by atoms with van der Waals surface area (Å²) in [5, 5.41) is 2.92. The zero-order valence-electron chi connectivity index (χ0n) is 11.3. The number of benzene rings is 1. The molecule has 0 aliphatic carbocycles. The van der Waals surface area contributed by atoms with Crippen molar-refractivity contribution in [2.45, 2.75) is 6.92 Å². The SMILES string of the molecule is Cc1csc(C(=O)c2nc3c(cnc4ccccc43)[nH]2)c1. The second-order valence-electron chi connectivity index (χ2n) is 4.94. The number of hydrogen-bond acceptors (Lipinski definition) is 4. The molecule has 0 saturated carbocycles. The predicted molar refractivity (Wildman–Crippen MR) is 83.9 cm³/mol. The molecule has 5 heteroatoms. The zero-order chi connectivity index (χ0) is 14.4. The topological polar surface area (TPSA) is 58.6 Å². The van der Waals surface area contributed by atoms with Crippen LogP contribution in [0.5, 0.6) is 0 Å². The van der Waals surface area contributed by atoms with E-state index in [-0.39, 0.29) is 5.78 Å². The van der Waals surface area contributed by atoms with E-state index in [0.717, 1.165) is 27.5 Å². The van der Waals surface area contributed by atoms with E-state index in [1.807, 2.05) is 42.6 Å². The third-order valence-corrected chi connectivity index (χ3v) is 4.44. The molecule has 0 saturated heterocycles. The average molecular weight is 293 g/mol. The van der Waals surface area contributed by atoms with E-state index in [4.69, 9.17) is 0 Å². The Bertz CT molecular complexity index is 983. The van der Waals surface area contributed by atoms with Crippen molar-refractivity contribution in [3.63, 3.8) is 0 Å². The Hall–Kier alpha value is -2.53. The molecule has 0 atom stereocenters. The van der Waals surface area contributed by atoms with Crippen LogP contribution in [0.2, 0.25) is 0 Å². The summed E-state index contributed by atoms with van der Waals surface area (Å²) in [6, 6.07) is 9.68. The summed E-state index contributed by atoms with van der Waals surface area (Å²) in [4.78, 5) is 25.1. The summed E-state index contributed by atoms with van der Waals surface area (Å²) in [6.45, 7) is 1.98. The monoisotopic (exact) mass is 293 g/mol. The Morgan fingerprint density at radius 2 is 2.14 bits per heavy atom. The highest BCUT2D eigenvalue weighted by Crippen LogP contribution is 2.23. The van der Waals surface area contributed by atoms with Gasteiger partial charge in [0.25, 0.3) is 0 Å². The first-order valence-corrected chi connectivity index (χ1v) is 7.43. The maximum absolute atomic E-state index is 12.5. The minimum absolute atomic E-state index is 0.0756. The van der Waals surface area contributed by atoms with Gasteiger partial charge in [0, 0.05) is 5.39 Å². The number of carbonyl (C=O) groups is 1. The lowest BCUT2D eigenvalue weighted by Crippen LogP contribution is -2.00. The molecule has 0 unspecified atom stereocenters. The van der Waals surface area contributed by atoms with Crippen LogP contribution in [0.15, 0.2) is 41.9 Å². The molecule has 4 nitrogen and oxygen atoms in total. The number of ketones is 1. The first-order valence-electron chi connectivity index (χ1n) is 6.56. The average Bonchev–Trinajstić information content (AvgIpc) is 3.12. The quantitative estimate of drug-likeness (QED) is 0.573. The molecular formula is C16H11N3OS. The number of H-pyrrole nitrogens is 1. The van der Waals surface area contributed by atoms with Crippen molar-refractivity contribution in [2.75, 3.05) is 0 Å². The number of aryl methyl sites for hydroxylation is 1. The minimum Gasteiger partial charge on any atom is -0.334 e. The van der Waals surface area contributed by atoms with Gasteiger partial charge in [0.15, 0.2) is 5.82 Å². The summed E-state index contributed by atoms with van der Waals surface area (Å²) in [5.41, 5.74) is 3.54. The van der Waals surface area contributed by atoms with Crippen LogP contribution in [0.3, 0.4) is 0 Å². The number of nitrogens with zero attached hydrogens (tertiary/aromatic N) is 2. The number of carbonyl (C=O) groups excluding carboxylic acids is 1. The lowest BCUT2D eigenvalue weighted by Gasteiger charge is -1.95. The Labute approximate surface area is 124 Å². The standard InChI is InChI=1S/C16H11N3OS/c1-9-6-13(21-8-9)15(20)16-18-12-7-17-11-5-3-2-4-10(11)14(12)19-16/h2-8H,1H3,(H,18,19). The molecule has 4 rings (SSSR count). The van der Waals surface area contributed by atoms with Gasteiger partial charge in [0.05, 0.1) is 22.1 Å². The Kier molecular flexibility index (Phi) is 2.62. The van der Waals surface area contributed by atoms with Gasteiger partial charge in [0.1, 0.15) is 5.52 Å². The molecule has 0 aliphatic heterocycles. The minimum atomic E-state index is -0.0756. The lowest BCUT2D eigenvalue weighted by molar-refractivity contribution is 0.103. The number of hydrogen-bond donors (Lipinski definition) is 1. The summed E-state index contributed by atoms with van der Waals surface area (Å²) < 4.78 is 0. The summed E-state index contributed by atoms with van der Waals surface area (Å²) in [5.74, 6) is 0.290. The fraction of sp³-hybridized carbons (Fsp3) is 0.0625. The second kappa shape index (κ2) is 4.49. The maximum Gasteiger partial charge on any atom is 0.238 e. The van der Waals surface area contributed by atoms with Crippen molar-refractivity contribution in [1.29, 1.82) is 0 Å². The van der Waals surface area contributed by atoms with Crippen molar-refractivity contribution >= 4 is 39.1 Å². The van der Waals surface area contributed by atoms with Crippen LogP contribution in [-0.2, 0) is 0 Å². The van der Waals surface area contributed by atoms with Crippen molar-refractivity contribution in [2.24, 2.45) is 0 Å². The smallest absolute Gasteiger partial charge is 0.238 e. The Morgan fingerprint density at radius 3 is 2.95 bits per heavy atom. The second-order valence-corrected chi connectivity index (χ2v) is 5.85. The fourth-order valence-electron chi connectivity index (χ4n) is 2.38. The van der Waals surface area contributed by atoms with Crippen molar-refractivity contribution in [3.05, 3.63) is 58.2 Å². The summed E-state index contributed by atoms with van der Waals surface area (Å²) in [7, 11) is 0. The third-order valence-electron chi connectivity index (χ3n) is 3.39. The number of thiophene rings is 1. The van der Waals surface area contributed by atoms with Crippen molar-refractivity contribution in [3.8, 4) is 0 Å². The predicted octanol–water partition coefficient (Wildman–Crippen LogP) is 3.71. The van der Waals surface area contributed by atoms with Crippen LogP contribution in [0.4, 0.5) is 0 Å². The molecule has 0 amide bonds. The van der Waals surface area contributed by atoms with Gasteiger partial charge >= 0.3 is 0 Å². The molecule has 21 heavy (non-hydrogen) atoms. The molecule has 0 bridgehead atoms. The van der Waals surface area contributed by atoms with Crippen LogP contribution < -0.4 is 0 Å².